The first kappa shape index (κ1) is 15.9. The van der Waals surface area contributed by atoms with Gasteiger partial charge >= 0.3 is 0 Å². The van der Waals surface area contributed by atoms with Gasteiger partial charge in [-0.2, -0.15) is 0 Å². The molecular formula is C15H24FNO2. The average molecular weight is 269 g/mol. The summed E-state index contributed by atoms with van der Waals surface area (Å²) in [5.41, 5.74) is 0.682. The van der Waals surface area contributed by atoms with Crippen LogP contribution in [0.3, 0.4) is 0 Å². The third-order valence-electron chi connectivity index (χ3n) is 3.04. The van der Waals surface area contributed by atoms with E-state index in [-0.39, 0.29) is 11.9 Å². The zero-order chi connectivity index (χ0) is 14.1. The molecular weight excluding hydrogens is 245 g/mol. The normalized spacial score (nSPS) is 12.4. The highest BCUT2D eigenvalue weighted by atomic mass is 19.1. The molecule has 0 aliphatic carbocycles. The van der Waals surface area contributed by atoms with Crippen molar-refractivity contribution in [3.8, 4) is 5.75 Å². The molecule has 0 aliphatic heterocycles. The Balaban J connectivity index is 2.67. The Morgan fingerprint density at radius 1 is 1.32 bits per heavy atom. The number of methoxy groups -OCH3 is 1. The smallest absolute Gasteiger partial charge is 0.168 e. The van der Waals surface area contributed by atoms with E-state index in [2.05, 4.69) is 12.2 Å². The zero-order valence-corrected chi connectivity index (χ0v) is 12.0. The predicted octanol–water partition coefficient (Wildman–Crippen LogP) is 2.78. The molecule has 1 aromatic rings. The minimum Gasteiger partial charge on any atom is -0.494 e. The van der Waals surface area contributed by atoms with Crippen molar-refractivity contribution in [2.45, 2.75) is 32.7 Å². The van der Waals surface area contributed by atoms with E-state index in [0.29, 0.717) is 30.9 Å². The molecule has 0 radical (unpaired) electrons. The summed E-state index contributed by atoms with van der Waals surface area (Å²) in [4.78, 5) is 0. The number of hydrogen-bond donors (Lipinski definition) is 1. The Bertz CT molecular complexity index is 371. The van der Waals surface area contributed by atoms with Crippen molar-refractivity contribution >= 4 is 0 Å². The van der Waals surface area contributed by atoms with Gasteiger partial charge in [0, 0.05) is 19.3 Å². The van der Waals surface area contributed by atoms with E-state index in [1.165, 1.54) is 7.11 Å². The SMILES string of the molecule is CCNC(CCOCC)Cc1cccc(OC)c1F. The molecule has 0 fully saturated rings. The summed E-state index contributed by atoms with van der Waals surface area (Å²) in [5, 5.41) is 3.37. The molecule has 1 atom stereocenters. The summed E-state index contributed by atoms with van der Waals surface area (Å²) >= 11 is 0. The minimum absolute atomic E-state index is 0.221. The fourth-order valence-corrected chi connectivity index (χ4v) is 2.07. The molecule has 1 unspecified atom stereocenters. The molecule has 1 N–H and O–H groups in total. The molecule has 3 nitrogen and oxygen atoms in total. The molecule has 0 saturated carbocycles. The lowest BCUT2D eigenvalue weighted by atomic mass is 10.0. The summed E-state index contributed by atoms with van der Waals surface area (Å²) in [6.07, 6.45) is 1.52. The van der Waals surface area contributed by atoms with Gasteiger partial charge < -0.3 is 14.8 Å². The molecule has 19 heavy (non-hydrogen) atoms. The second-order valence-corrected chi connectivity index (χ2v) is 4.38. The van der Waals surface area contributed by atoms with Gasteiger partial charge in [0.05, 0.1) is 7.11 Å². The van der Waals surface area contributed by atoms with Crippen molar-refractivity contribution in [2.75, 3.05) is 26.9 Å². The third kappa shape index (κ3) is 5.17. The van der Waals surface area contributed by atoms with Crippen LogP contribution < -0.4 is 10.1 Å². The number of hydrogen-bond acceptors (Lipinski definition) is 3. The first-order valence-electron chi connectivity index (χ1n) is 6.85. The third-order valence-corrected chi connectivity index (χ3v) is 3.04. The second kappa shape index (κ2) is 8.88. The van der Waals surface area contributed by atoms with Crippen molar-refractivity contribution in [1.82, 2.24) is 5.32 Å². The first-order valence-corrected chi connectivity index (χ1v) is 6.85. The van der Waals surface area contributed by atoms with Gasteiger partial charge in [-0.05, 0) is 37.9 Å². The van der Waals surface area contributed by atoms with Crippen LogP contribution in [-0.4, -0.2) is 32.9 Å². The Labute approximate surface area is 115 Å². The summed E-state index contributed by atoms with van der Waals surface area (Å²) in [7, 11) is 1.49. The summed E-state index contributed by atoms with van der Waals surface area (Å²) in [5.74, 6) is 0.0434. The van der Waals surface area contributed by atoms with Crippen LogP contribution in [0.25, 0.3) is 0 Å². The van der Waals surface area contributed by atoms with Crippen LogP contribution in [0, 0.1) is 5.82 Å². The number of ether oxygens (including phenoxy) is 2. The van der Waals surface area contributed by atoms with Crippen LogP contribution in [0.1, 0.15) is 25.8 Å². The Kier molecular flexibility index (Phi) is 7.45. The van der Waals surface area contributed by atoms with Crippen LogP contribution in [-0.2, 0) is 11.2 Å². The molecule has 0 amide bonds. The molecule has 0 aliphatic rings. The Morgan fingerprint density at radius 3 is 2.74 bits per heavy atom. The number of nitrogens with one attached hydrogen (secondary N) is 1. The largest absolute Gasteiger partial charge is 0.494 e. The van der Waals surface area contributed by atoms with Crippen molar-refractivity contribution in [1.29, 1.82) is 0 Å². The van der Waals surface area contributed by atoms with Gasteiger partial charge in [-0.15, -0.1) is 0 Å². The standard InChI is InChI=1S/C15H24FNO2/c1-4-17-13(9-10-19-5-2)11-12-7-6-8-14(18-3)15(12)16/h6-8,13,17H,4-5,9-11H2,1-3H3. The predicted molar refractivity (Wildman–Crippen MR) is 75.2 cm³/mol. The molecule has 1 rings (SSSR count). The second-order valence-electron chi connectivity index (χ2n) is 4.38. The molecule has 4 heteroatoms. The van der Waals surface area contributed by atoms with Crippen LogP contribution in [0.2, 0.25) is 0 Å². The van der Waals surface area contributed by atoms with Crippen molar-refractivity contribution in [3.63, 3.8) is 0 Å². The highest BCUT2D eigenvalue weighted by Crippen LogP contribution is 2.21. The van der Waals surface area contributed by atoms with E-state index in [1.54, 1.807) is 6.07 Å². The van der Waals surface area contributed by atoms with E-state index in [4.69, 9.17) is 9.47 Å². The van der Waals surface area contributed by atoms with E-state index in [9.17, 15) is 4.39 Å². The molecule has 0 aromatic heterocycles. The highest BCUT2D eigenvalue weighted by Gasteiger charge is 2.14. The number of rotatable bonds is 9. The number of likely N-dealkylation sites (N-methyl/N-ethyl adjacent to an activating group) is 1. The summed E-state index contributed by atoms with van der Waals surface area (Å²) in [6, 6.07) is 5.49. The van der Waals surface area contributed by atoms with E-state index in [1.807, 2.05) is 19.1 Å². The topological polar surface area (TPSA) is 30.5 Å². The van der Waals surface area contributed by atoms with Crippen LogP contribution in [0.5, 0.6) is 5.75 Å². The molecule has 1 aromatic carbocycles. The number of benzene rings is 1. The maximum Gasteiger partial charge on any atom is 0.168 e. The Hall–Kier alpha value is -1.13. The number of halogens is 1. The summed E-state index contributed by atoms with van der Waals surface area (Å²) < 4.78 is 24.4. The monoisotopic (exact) mass is 269 g/mol. The maximum atomic E-state index is 14.1. The first-order chi connectivity index (χ1) is 9.22. The van der Waals surface area contributed by atoms with E-state index >= 15 is 0 Å². The molecule has 0 saturated heterocycles. The summed E-state index contributed by atoms with van der Waals surface area (Å²) in [6.45, 7) is 6.30. The van der Waals surface area contributed by atoms with Gasteiger partial charge in [0.1, 0.15) is 0 Å². The van der Waals surface area contributed by atoms with Gasteiger partial charge in [-0.1, -0.05) is 19.1 Å². The maximum absolute atomic E-state index is 14.1. The van der Waals surface area contributed by atoms with Crippen LogP contribution in [0.15, 0.2) is 18.2 Å². The lowest BCUT2D eigenvalue weighted by Gasteiger charge is -2.18. The lowest BCUT2D eigenvalue weighted by molar-refractivity contribution is 0.136. The van der Waals surface area contributed by atoms with Gasteiger partial charge in [-0.25, -0.2) is 4.39 Å². The molecule has 0 heterocycles. The van der Waals surface area contributed by atoms with Crippen molar-refractivity contribution < 1.29 is 13.9 Å². The average Bonchev–Trinajstić information content (AvgIpc) is 2.41. The van der Waals surface area contributed by atoms with Gasteiger partial charge in [0.15, 0.2) is 11.6 Å². The Morgan fingerprint density at radius 2 is 2.11 bits per heavy atom. The highest BCUT2D eigenvalue weighted by molar-refractivity contribution is 5.31. The fourth-order valence-electron chi connectivity index (χ4n) is 2.07. The van der Waals surface area contributed by atoms with Crippen LogP contribution >= 0.6 is 0 Å². The minimum atomic E-state index is -0.260. The molecule has 108 valence electrons. The fraction of sp³-hybridized carbons (Fsp3) is 0.600. The van der Waals surface area contributed by atoms with E-state index in [0.717, 1.165) is 13.0 Å². The van der Waals surface area contributed by atoms with Gasteiger partial charge in [-0.3, -0.25) is 0 Å². The van der Waals surface area contributed by atoms with Gasteiger partial charge in [0.2, 0.25) is 0 Å². The quantitative estimate of drug-likeness (QED) is 0.699. The van der Waals surface area contributed by atoms with Crippen LogP contribution in [0.4, 0.5) is 4.39 Å². The molecule has 0 spiro atoms. The lowest BCUT2D eigenvalue weighted by Crippen LogP contribution is -2.32. The molecule has 0 bridgehead atoms. The van der Waals surface area contributed by atoms with Gasteiger partial charge in [0.25, 0.3) is 0 Å². The van der Waals surface area contributed by atoms with E-state index < -0.39 is 0 Å². The zero-order valence-electron chi connectivity index (χ0n) is 12.0. The van der Waals surface area contributed by atoms with Crippen molar-refractivity contribution in [2.24, 2.45) is 0 Å². The van der Waals surface area contributed by atoms with Crippen molar-refractivity contribution in [3.05, 3.63) is 29.6 Å².